The van der Waals surface area contributed by atoms with E-state index in [-0.39, 0.29) is 24.1 Å². The van der Waals surface area contributed by atoms with Crippen molar-refractivity contribution in [3.8, 4) is 0 Å². The van der Waals surface area contributed by atoms with Gasteiger partial charge < -0.3 is 20.5 Å². The zero-order valence-corrected chi connectivity index (χ0v) is 13.2. The summed E-state index contributed by atoms with van der Waals surface area (Å²) in [5.41, 5.74) is 1.17. The van der Waals surface area contributed by atoms with Gasteiger partial charge in [0.25, 0.3) is 0 Å². The molecule has 2 amide bonds. The van der Waals surface area contributed by atoms with Crippen molar-refractivity contribution in [2.24, 2.45) is 0 Å². The average Bonchev–Trinajstić information content (AvgIpc) is 2.59. The van der Waals surface area contributed by atoms with Crippen LogP contribution in [0.25, 0.3) is 0 Å². The van der Waals surface area contributed by atoms with Gasteiger partial charge in [-0.05, 0) is 24.8 Å². The third-order valence-corrected chi connectivity index (χ3v) is 4.47. The van der Waals surface area contributed by atoms with E-state index in [2.05, 4.69) is 22.8 Å². The Morgan fingerprint density at radius 2 is 2.00 bits per heavy atom. The van der Waals surface area contributed by atoms with Gasteiger partial charge in [-0.3, -0.25) is 0 Å². The molecular weight excluding hydrogens is 280 g/mol. The third kappa shape index (κ3) is 4.21. The number of amides is 2. The molecule has 1 saturated heterocycles. The fourth-order valence-corrected chi connectivity index (χ4v) is 2.88. The smallest absolute Gasteiger partial charge is 0.315 e. The Morgan fingerprint density at radius 3 is 2.59 bits per heavy atom. The minimum atomic E-state index is -0.220. The number of hydrogen-bond acceptors (Lipinski definition) is 3. The van der Waals surface area contributed by atoms with Gasteiger partial charge in [-0.25, -0.2) is 4.79 Å². The van der Waals surface area contributed by atoms with Crippen molar-refractivity contribution in [3.05, 3.63) is 35.9 Å². The normalized spacial score (nSPS) is 18.5. The molecule has 0 aliphatic carbocycles. The first kappa shape index (κ1) is 16.8. The summed E-state index contributed by atoms with van der Waals surface area (Å²) in [6, 6.07) is 9.90. The van der Waals surface area contributed by atoms with Crippen molar-refractivity contribution >= 4 is 6.03 Å². The molecule has 1 aromatic carbocycles. The molecule has 5 nitrogen and oxygen atoms in total. The maximum absolute atomic E-state index is 12.0. The van der Waals surface area contributed by atoms with Crippen molar-refractivity contribution in [2.45, 2.75) is 37.6 Å². The molecule has 1 unspecified atom stereocenters. The fraction of sp³-hybridized carbons (Fsp3) is 0.588. The van der Waals surface area contributed by atoms with Crippen LogP contribution in [0.5, 0.6) is 0 Å². The molecule has 0 spiro atoms. The van der Waals surface area contributed by atoms with Crippen LogP contribution in [0.4, 0.5) is 4.79 Å². The zero-order chi connectivity index (χ0) is 15.8. The lowest BCUT2D eigenvalue weighted by atomic mass is 9.74. The van der Waals surface area contributed by atoms with Gasteiger partial charge in [0.2, 0.25) is 0 Å². The molecule has 1 fully saturated rings. The largest absolute Gasteiger partial charge is 0.394 e. The highest BCUT2D eigenvalue weighted by molar-refractivity contribution is 5.74. The minimum Gasteiger partial charge on any atom is -0.394 e. The van der Waals surface area contributed by atoms with Gasteiger partial charge in [0, 0.05) is 25.2 Å². The number of aliphatic hydroxyl groups excluding tert-OH is 1. The standard InChI is InChI=1S/C17H26N2O3/c1-2-15(12-20)19-16(21)18-13-17(8-10-22-11-9-17)14-6-4-3-5-7-14/h3-7,15,20H,2,8-13H2,1H3,(H2,18,19,21). The molecular formula is C17H26N2O3. The number of rotatable bonds is 6. The maximum atomic E-state index is 12.0. The summed E-state index contributed by atoms with van der Waals surface area (Å²) in [5, 5.41) is 14.9. The molecule has 3 N–H and O–H groups in total. The van der Waals surface area contributed by atoms with Crippen LogP contribution in [0.1, 0.15) is 31.7 Å². The van der Waals surface area contributed by atoms with E-state index in [9.17, 15) is 4.79 Å². The molecule has 1 heterocycles. The molecule has 0 radical (unpaired) electrons. The first-order valence-electron chi connectivity index (χ1n) is 7.98. The molecule has 0 aromatic heterocycles. The molecule has 0 bridgehead atoms. The lowest BCUT2D eigenvalue weighted by Gasteiger charge is -2.38. The monoisotopic (exact) mass is 306 g/mol. The first-order valence-corrected chi connectivity index (χ1v) is 7.98. The van der Waals surface area contributed by atoms with Gasteiger partial charge in [-0.15, -0.1) is 0 Å². The van der Waals surface area contributed by atoms with Crippen molar-refractivity contribution in [1.82, 2.24) is 10.6 Å². The number of carbonyl (C=O) groups excluding carboxylic acids is 1. The van der Waals surface area contributed by atoms with Crippen LogP contribution in [0.2, 0.25) is 0 Å². The Bertz CT molecular complexity index is 454. The second-order valence-corrected chi connectivity index (χ2v) is 5.87. The van der Waals surface area contributed by atoms with Crippen LogP contribution in [0.15, 0.2) is 30.3 Å². The van der Waals surface area contributed by atoms with Gasteiger partial charge in [0.1, 0.15) is 0 Å². The molecule has 5 heteroatoms. The van der Waals surface area contributed by atoms with Crippen molar-refractivity contribution in [2.75, 3.05) is 26.4 Å². The Morgan fingerprint density at radius 1 is 1.32 bits per heavy atom. The average molecular weight is 306 g/mol. The van der Waals surface area contributed by atoms with E-state index in [1.54, 1.807) is 0 Å². The van der Waals surface area contributed by atoms with Crippen LogP contribution < -0.4 is 10.6 Å². The SMILES string of the molecule is CCC(CO)NC(=O)NCC1(c2ccccc2)CCOCC1. The lowest BCUT2D eigenvalue weighted by molar-refractivity contribution is 0.0506. The van der Waals surface area contributed by atoms with Gasteiger partial charge in [-0.1, -0.05) is 37.3 Å². The second-order valence-electron chi connectivity index (χ2n) is 5.87. The van der Waals surface area contributed by atoms with Gasteiger partial charge >= 0.3 is 6.03 Å². The molecule has 1 aromatic rings. The summed E-state index contributed by atoms with van der Waals surface area (Å²) in [6.07, 6.45) is 2.50. The van der Waals surface area contributed by atoms with Crippen molar-refractivity contribution < 1.29 is 14.6 Å². The number of ether oxygens (including phenoxy) is 1. The summed E-state index contributed by atoms with van der Waals surface area (Å²) in [6.45, 7) is 3.90. The highest BCUT2D eigenvalue weighted by Crippen LogP contribution is 2.34. The predicted molar refractivity (Wildman–Crippen MR) is 85.9 cm³/mol. The number of hydrogen-bond donors (Lipinski definition) is 3. The molecule has 2 rings (SSSR count). The van der Waals surface area contributed by atoms with Gasteiger partial charge in [-0.2, -0.15) is 0 Å². The highest BCUT2D eigenvalue weighted by Gasteiger charge is 2.34. The minimum absolute atomic E-state index is 0.0401. The van der Waals surface area contributed by atoms with E-state index >= 15 is 0 Å². The first-order chi connectivity index (χ1) is 10.7. The summed E-state index contributed by atoms with van der Waals surface area (Å²) in [5.74, 6) is 0. The van der Waals surface area contributed by atoms with E-state index in [0.717, 1.165) is 12.8 Å². The number of nitrogens with one attached hydrogen (secondary N) is 2. The predicted octanol–water partition coefficient (Wildman–Crippen LogP) is 1.80. The molecule has 22 heavy (non-hydrogen) atoms. The van der Waals surface area contributed by atoms with Crippen LogP contribution in [-0.2, 0) is 10.2 Å². The van der Waals surface area contributed by atoms with Gasteiger partial charge in [0.05, 0.1) is 12.6 Å². The second kappa shape index (κ2) is 8.15. The van der Waals surface area contributed by atoms with Crippen LogP contribution >= 0.6 is 0 Å². The summed E-state index contributed by atoms with van der Waals surface area (Å²) in [7, 11) is 0. The van der Waals surface area contributed by atoms with Crippen LogP contribution in [-0.4, -0.2) is 43.5 Å². The molecule has 1 aliphatic rings. The summed E-state index contributed by atoms with van der Waals surface area (Å²) < 4.78 is 5.49. The van der Waals surface area contributed by atoms with Crippen LogP contribution in [0, 0.1) is 0 Å². The molecule has 1 atom stereocenters. The fourth-order valence-electron chi connectivity index (χ4n) is 2.88. The lowest BCUT2D eigenvalue weighted by Crippen LogP contribution is -2.49. The third-order valence-electron chi connectivity index (χ3n) is 4.47. The highest BCUT2D eigenvalue weighted by atomic mass is 16.5. The van der Waals surface area contributed by atoms with E-state index in [0.29, 0.717) is 26.2 Å². The van der Waals surface area contributed by atoms with E-state index in [4.69, 9.17) is 9.84 Å². The number of aliphatic hydroxyl groups is 1. The maximum Gasteiger partial charge on any atom is 0.315 e. The zero-order valence-electron chi connectivity index (χ0n) is 13.2. The summed E-state index contributed by atoms with van der Waals surface area (Å²) in [4.78, 5) is 12.0. The van der Waals surface area contributed by atoms with E-state index in [1.165, 1.54) is 5.56 Å². The van der Waals surface area contributed by atoms with E-state index in [1.807, 2.05) is 25.1 Å². The molecule has 122 valence electrons. The Hall–Kier alpha value is -1.59. The number of carbonyl (C=O) groups is 1. The number of benzene rings is 1. The topological polar surface area (TPSA) is 70.6 Å². The van der Waals surface area contributed by atoms with Crippen LogP contribution in [0.3, 0.4) is 0 Å². The molecule has 0 saturated carbocycles. The Balaban J connectivity index is 2.00. The summed E-state index contributed by atoms with van der Waals surface area (Å²) >= 11 is 0. The molecule has 1 aliphatic heterocycles. The van der Waals surface area contributed by atoms with E-state index < -0.39 is 0 Å². The Kier molecular flexibility index (Phi) is 6.21. The quantitative estimate of drug-likeness (QED) is 0.750. The van der Waals surface area contributed by atoms with Crippen molar-refractivity contribution in [3.63, 3.8) is 0 Å². The van der Waals surface area contributed by atoms with Crippen molar-refractivity contribution in [1.29, 1.82) is 0 Å². The number of urea groups is 1. The Labute approximate surface area is 132 Å². The van der Waals surface area contributed by atoms with Gasteiger partial charge in [0.15, 0.2) is 0 Å².